The fourth-order valence-corrected chi connectivity index (χ4v) is 8.86. The quantitative estimate of drug-likeness (QED) is 0.419. The molecule has 0 radical (unpaired) electrons. The minimum absolute atomic E-state index is 0.0904. The van der Waals surface area contributed by atoms with Gasteiger partial charge in [0.15, 0.2) is 0 Å². The molecule has 33 heavy (non-hydrogen) atoms. The summed E-state index contributed by atoms with van der Waals surface area (Å²) >= 11 is 0. The zero-order valence-electron chi connectivity index (χ0n) is 21.1. The van der Waals surface area contributed by atoms with Crippen LogP contribution in [0.5, 0.6) is 0 Å². The van der Waals surface area contributed by atoms with Gasteiger partial charge in [0.1, 0.15) is 18.8 Å². The Morgan fingerprint density at radius 3 is 2.18 bits per heavy atom. The normalized spacial score (nSPS) is 42.8. The third-order valence-electron chi connectivity index (χ3n) is 10.2. The molecule has 4 rings (SSSR count). The Labute approximate surface area is 198 Å². The molecule has 4 aliphatic rings. The summed E-state index contributed by atoms with van der Waals surface area (Å²) in [5.41, 5.74) is 0.436. The van der Waals surface area contributed by atoms with Crippen LogP contribution >= 0.6 is 0 Å². The number of ether oxygens (including phenoxy) is 3. The van der Waals surface area contributed by atoms with Crippen LogP contribution in [0.1, 0.15) is 92.4 Å². The molecule has 186 valence electrons. The van der Waals surface area contributed by atoms with E-state index >= 15 is 0 Å². The molecule has 0 saturated heterocycles. The van der Waals surface area contributed by atoms with Crippen molar-refractivity contribution in [3.05, 3.63) is 0 Å². The first-order valence-electron chi connectivity index (χ1n) is 13.0. The molecule has 4 aliphatic carbocycles. The number of hydrogen-bond acceptors (Lipinski definition) is 6. The Hall–Kier alpha value is -1.59. The van der Waals surface area contributed by atoms with E-state index in [0.29, 0.717) is 29.1 Å². The molecule has 0 aromatic carbocycles. The van der Waals surface area contributed by atoms with Crippen molar-refractivity contribution >= 4 is 17.9 Å². The minimum atomic E-state index is -0.357. The summed E-state index contributed by atoms with van der Waals surface area (Å²) in [4.78, 5) is 34.8. The topological polar surface area (TPSA) is 78.9 Å². The maximum Gasteiger partial charge on any atom is 0.303 e. The van der Waals surface area contributed by atoms with Crippen LogP contribution in [-0.4, -0.2) is 36.7 Å². The Morgan fingerprint density at radius 1 is 0.818 bits per heavy atom. The first-order valence-corrected chi connectivity index (χ1v) is 13.0. The van der Waals surface area contributed by atoms with E-state index in [2.05, 4.69) is 13.8 Å². The van der Waals surface area contributed by atoms with Crippen molar-refractivity contribution in [3.8, 4) is 0 Å². The average molecular weight is 463 g/mol. The summed E-state index contributed by atoms with van der Waals surface area (Å²) in [6.07, 6.45) is 9.87. The van der Waals surface area contributed by atoms with Gasteiger partial charge in [-0.3, -0.25) is 14.4 Å². The molecule has 0 spiro atoms. The van der Waals surface area contributed by atoms with Gasteiger partial charge in [0, 0.05) is 26.7 Å². The smallest absolute Gasteiger partial charge is 0.303 e. The van der Waals surface area contributed by atoms with Gasteiger partial charge in [-0.15, -0.1) is 0 Å². The van der Waals surface area contributed by atoms with Gasteiger partial charge in [-0.25, -0.2) is 0 Å². The zero-order chi connectivity index (χ0) is 24.0. The molecule has 0 bridgehead atoms. The van der Waals surface area contributed by atoms with Crippen LogP contribution in [0.15, 0.2) is 0 Å². The van der Waals surface area contributed by atoms with E-state index < -0.39 is 0 Å². The third-order valence-corrected chi connectivity index (χ3v) is 10.2. The van der Waals surface area contributed by atoms with Crippen molar-refractivity contribution in [3.63, 3.8) is 0 Å². The lowest BCUT2D eigenvalue weighted by atomic mass is 9.44. The molecule has 4 fully saturated rings. The van der Waals surface area contributed by atoms with E-state index in [9.17, 15) is 14.4 Å². The molecular weight excluding hydrogens is 420 g/mol. The summed E-state index contributed by atoms with van der Waals surface area (Å²) in [7, 11) is 0. The summed E-state index contributed by atoms with van der Waals surface area (Å²) in [6.45, 7) is 9.45. The maximum absolute atomic E-state index is 11.8. The summed E-state index contributed by atoms with van der Waals surface area (Å²) in [6, 6.07) is 0. The van der Waals surface area contributed by atoms with Gasteiger partial charge in [0.25, 0.3) is 0 Å². The van der Waals surface area contributed by atoms with Crippen LogP contribution in [0.2, 0.25) is 0 Å². The first kappa shape index (κ1) is 24.5. The number of fused-ring (bicyclic) bond motifs is 5. The highest BCUT2D eigenvalue weighted by molar-refractivity contribution is 5.67. The van der Waals surface area contributed by atoms with Crippen molar-refractivity contribution in [2.75, 3.05) is 6.61 Å². The Bertz CT molecular complexity index is 779. The maximum atomic E-state index is 11.8. The second-order valence-electron chi connectivity index (χ2n) is 11.8. The molecule has 6 heteroatoms. The lowest BCUT2D eigenvalue weighted by Gasteiger charge is -2.61. The van der Waals surface area contributed by atoms with Crippen LogP contribution in [-0.2, 0) is 28.6 Å². The minimum Gasteiger partial charge on any atom is -0.463 e. The van der Waals surface area contributed by atoms with Gasteiger partial charge in [0.05, 0.1) is 0 Å². The Balaban J connectivity index is 1.50. The predicted molar refractivity (Wildman–Crippen MR) is 123 cm³/mol. The van der Waals surface area contributed by atoms with Crippen LogP contribution in [0.25, 0.3) is 0 Å². The van der Waals surface area contributed by atoms with Crippen molar-refractivity contribution in [1.82, 2.24) is 0 Å². The van der Waals surface area contributed by atoms with Crippen LogP contribution in [0.3, 0.4) is 0 Å². The number of carbonyl (C=O) groups is 3. The fourth-order valence-electron chi connectivity index (χ4n) is 8.86. The predicted octanol–water partition coefficient (Wildman–Crippen LogP) is 5.07. The van der Waals surface area contributed by atoms with Gasteiger partial charge in [-0.1, -0.05) is 13.8 Å². The molecule has 0 unspecified atom stereocenters. The molecule has 6 nitrogen and oxygen atoms in total. The lowest BCUT2D eigenvalue weighted by Crippen LogP contribution is -2.55. The standard InChI is InChI=1S/C27H42O6/c1-16(28)31-15-25(33-18(3)30)24-9-8-22-21-7-6-19-14-20(32-17(2)29)10-12-26(19,4)23(21)11-13-27(22,24)5/h19-25H,6-15H2,1-5H3/t19-,20-,21-,22-,23-,24+,25-,26-,27-/m0/s1. The molecule has 4 saturated carbocycles. The molecular formula is C27H42O6. The van der Waals surface area contributed by atoms with E-state index in [1.807, 2.05) is 0 Å². The highest BCUT2D eigenvalue weighted by Crippen LogP contribution is 2.68. The van der Waals surface area contributed by atoms with Crippen molar-refractivity contribution in [2.24, 2.45) is 40.4 Å². The highest BCUT2D eigenvalue weighted by Gasteiger charge is 2.61. The molecule has 0 aromatic heterocycles. The summed E-state index contributed by atoms with van der Waals surface area (Å²) in [5, 5.41) is 0. The number of rotatable bonds is 5. The van der Waals surface area contributed by atoms with Gasteiger partial charge in [-0.2, -0.15) is 0 Å². The third kappa shape index (κ3) is 4.55. The Kier molecular flexibility index (Phi) is 6.85. The van der Waals surface area contributed by atoms with Gasteiger partial charge < -0.3 is 14.2 Å². The van der Waals surface area contributed by atoms with E-state index in [-0.39, 0.29) is 48.1 Å². The second-order valence-corrected chi connectivity index (χ2v) is 11.8. The number of carbonyl (C=O) groups excluding carboxylic acids is 3. The summed E-state index contributed by atoms with van der Waals surface area (Å²) in [5.74, 6) is 2.13. The van der Waals surface area contributed by atoms with E-state index in [1.165, 1.54) is 40.0 Å². The van der Waals surface area contributed by atoms with Crippen LogP contribution in [0.4, 0.5) is 0 Å². The molecule has 0 aliphatic heterocycles. The molecule has 0 amide bonds. The van der Waals surface area contributed by atoms with Crippen molar-refractivity contribution in [1.29, 1.82) is 0 Å². The second kappa shape index (κ2) is 9.22. The largest absolute Gasteiger partial charge is 0.463 e. The summed E-state index contributed by atoms with van der Waals surface area (Å²) < 4.78 is 16.6. The van der Waals surface area contributed by atoms with Crippen LogP contribution < -0.4 is 0 Å². The van der Waals surface area contributed by atoms with Crippen molar-refractivity contribution in [2.45, 2.75) is 105 Å². The van der Waals surface area contributed by atoms with E-state index in [4.69, 9.17) is 14.2 Å². The van der Waals surface area contributed by atoms with Crippen LogP contribution in [0, 0.1) is 40.4 Å². The van der Waals surface area contributed by atoms with Gasteiger partial charge in [0.2, 0.25) is 0 Å². The van der Waals surface area contributed by atoms with E-state index in [0.717, 1.165) is 38.5 Å². The number of esters is 3. The first-order chi connectivity index (χ1) is 15.5. The average Bonchev–Trinajstić information content (AvgIpc) is 3.08. The monoisotopic (exact) mass is 462 g/mol. The zero-order valence-corrected chi connectivity index (χ0v) is 21.1. The van der Waals surface area contributed by atoms with Crippen molar-refractivity contribution < 1.29 is 28.6 Å². The Morgan fingerprint density at radius 2 is 1.52 bits per heavy atom. The molecule has 0 N–H and O–H groups in total. The van der Waals surface area contributed by atoms with E-state index in [1.54, 1.807) is 0 Å². The lowest BCUT2D eigenvalue weighted by molar-refractivity contribution is -0.171. The highest BCUT2D eigenvalue weighted by atomic mass is 16.6. The number of hydrogen-bond donors (Lipinski definition) is 0. The SMILES string of the molecule is CC(=O)OC[C@H](OC(C)=O)[C@H]1CC[C@H]2[C@@H]3CC[C@H]4C[C@@H](OC(C)=O)CC[C@]4(C)[C@H]3CC[C@]12C. The van der Waals surface area contributed by atoms with Gasteiger partial charge in [-0.05, 0) is 92.3 Å². The fraction of sp³-hybridized carbons (Fsp3) is 0.889. The van der Waals surface area contributed by atoms with Gasteiger partial charge >= 0.3 is 17.9 Å². The molecule has 0 heterocycles. The molecule has 0 aromatic rings. The molecule has 9 atom stereocenters.